The third-order valence-electron chi connectivity index (χ3n) is 5.68. The van der Waals surface area contributed by atoms with Crippen molar-refractivity contribution in [3.05, 3.63) is 36.5 Å². The lowest BCUT2D eigenvalue weighted by Crippen LogP contribution is -2.54. The van der Waals surface area contributed by atoms with E-state index >= 15 is 0 Å². The van der Waals surface area contributed by atoms with Gasteiger partial charge in [0.2, 0.25) is 5.91 Å². The first kappa shape index (κ1) is 17.5. The predicted octanol–water partition coefficient (Wildman–Crippen LogP) is 2.67. The number of carbonyl (C=O) groups excluding carboxylic acids is 3. The fourth-order valence-corrected chi connectivity index (χ4v) is 4.12. The maximum Gasteiger partial charge on any atom is 0.325 e. The Bertz CT molecular complexity index is 928. The van der Waals surface area contributed by atoms with Crippen molar-refractivity contribution in [2.75, 3.05) is 11.9 Å². The van der Waals surface area contributed by atoms with Gasteiger partial charge >= 0.3 is 6.03 Å². The van der Waals surface area contributed by atoms with Crippen LogP contribution in [0.5, 0.6) is 0 Å². The molecular weight excluding hydrogens is 344 g/mol. The van der Waals surface area contributed by atoms with Gasteiger partial charge in [0.1, 0.15) is 12.1 Å². The second-order valence-corrected chi connectivity index (χ2v) is 7.40. The van der Waals surface area contributed by atoms with Crippen molar-refractivity contribution >= 4 is 34.4 Å². The summed E-state index contributed by atoms with van der Waals surface area (Å²) in [4.78, 5) is 43.1. The number of carbonyl (C=O) groups is 3. The average Bonchev–Trinajstić information content (AvgIpc) is 2.89. The second-order valence-electron chi connectivity index (χ2n) is 7.40. The zero-order valence-corrected chi connectivity index (χ0v) is 15.2. The van der Waals surface area contributed by atoms with Gasteiger partial charge in [-0.1, -0.05) is 38.0 Å². The molecule has 140 valence electrons. The highest BCUT2D eigenvalue weighted by molar-refractivity contribution is 6.10. The van der Waals surface area contributed by atoms with Crippen LogP contribution in [0, 0.1) is 5.92 Å². The Balaban J connectivity index is 1.47. The highest BCUT2D eigenvalue weighted by Gasteiger charge is 2.55. The van der Waals surface area contributed by atoms with E-state index in [4.69, 9.17) is 0 Å². The zero-order valence-electron chi connectivity index (χ0n) is 15.2. The Kier molecular flexibility index (Phi) is 4.30. The molecule has 1 aromatic carbocycles. The number of urea groups is 1. The largest absolute Gasteiger partial charge is 0.325 e. The van der Waals surface area contributed by atoms with Gasteiger partial charge in [-0.2, -0.15) is 0 Å². The molecule has 4 rings (SSSR count). The van der Waals surface area contributed by atoms with E-state index in [0.29, 0.717) is 12.1 Å². The van der Waals surface area contributed by atoms with Gasteiger partial charge in [-0.15, -0.1) is 0 Å². The highest BCUT2D eigenvalue weighted by Crippen LogP contribution is 2.38. The smallest absolute Gasteiger partial charge is 0.323 e. The van der Waals surface area contributed by atoms with Crippen molar-refractivity contribution in [3.8, 4) is 0 Å². The molecule has 27 heavy (non-hydrogen) atoms. The van der Waals surface area contributed by atoms with Crippen LogP contribution < -0.4 is 10.6 Å². The molecule has 2 aromatic rings. The molecule has 1 aliphatic carbocycles. The van der Waals surface area contributed by atoms with Gasteiger partial charge in [0.05, 0.1) is 17.4 Å². The van der Waals surface area contributed by atoms with Crippen molar-refractivity contribution in [3.63, 3.8) is 0 Å². The molecular formula is C20H22N4O3. The summed E-state index contributed by atoms with van der Waals surface area (Å²) in [5.41, 5.74) is 0.518. The molecule has 2 heterocycles. The van der Waals surface area contributed by atoms with Crippen LogP contribution in [-0.2, 0) is 9.59 Å². The van der Waals surface area contributed by atoms with Gasteiger partial charge in [-0.05, 0) is 30.9 Å². The Morgan fingerprint density at radius 2 is 2.15 bits per heavy atom. The maximum absolute atomic E-state index is 12.9. The highest BCUT2D eigenvalue weighted by atomic mass is 16.2. The molecule has 2 unspecified atom stereocenters. The van der Waals surface area contributed by atoms with Crippen LogP contribution in [0.25, 0.3) is 10.9 Å². The van der Waals surface area contributed by atoms with E-state index in [1.807, 2.05) is 37.3 Å². The molecule has 2 fully saturated rings. The third-order valence-corrected chi connectivity index (χ3v) is 5.68. The molecule has 1 saturated heterocycles. The minimum Gasteiger partial charge on any atom is -0.323 e. The lowest BCUT2D eigenvalue weighted by Gasteiger charge is -2.36. The van der Waals surface area contributed by atoms with Gasteiger partial charge in [0.15, 0.2) is 0 Å². The van der Waals surface area contributed by atoms with Crippen LogP contribution in [0.1, 0.15) is 32.6 Å². The summed E-state index contributed by atoms with van der Waals surface area (Å²) >= 11 is 0. The third kappa shape index (κ3) is 3.03. The topological polar surface area (TPSA) is 91.4 Å². The van der Waals surface area contributed by atoms with E-state index in [0.717, 1.165) is 35.1 Å². The van der Waals surface area contributed by atoms with Crippen molar-refractivity contribution < 1.29 is 14.4 Å². The molecule has 4 amide bonds. The minimum atomic E-state index is -0.847. The van der Waals surface area contributed by atoms with Gasteiger partial charge in [0.25, 0.3) is 5.91 Å². The Morgan fingerprint density at radius 3 is 2.96 bits per heavy atom. The molecule has 2 N–H and O–H groups in total. The summed E-state index contributed by atoms with van der Waals surface area (Å²) in [6.45, 7) is 1.69. The number of hydrogen-bond donors (Lipinski definition) is 2. The van der Waals surface area contributed by atoms with Crippen molar-refractivity contribution in [2.45, 2.75) is 38.1 Å². The number of rotatable bonds is 3. The molecule has 7 nitrogen and oxygen atoms in total. The van der Waals surface area contributed by atoms with E-state index in [9.17, 15) is 14.4 Å². The molecule has 0 radical (unpaired) electrons. The van der Waals surface area contributed by atoms with Crippen LogP contribution in [0.4, 0.5) is 10.5 Å². The Labute approximate surface area is 157 Å². The van der Waals surface area contributed by atoms with Crippen LogP contribution >= 0.6 is 0 Å². The summed E-state index contributed by atoms with van der Waals surface area (Å²) in [6.07, 6.45) is 5.05. The first-order valence-corrected chi connectivity index (χ1v) is 9.28. The minimum absolute atomic E-state index is 0.0699. The summed E-state index contributed by atoms with van der Waals surface area (Å²) in [5, 5.41) is 6.49. The van der Waals surface area contributed by atoms with Crippen LogP contribution in [0.3, 0.4) is 0 Å². The normalized spacial score (nSPS) is 25.1. The average molecular weight is 366 g/mol. The summed E-state index contributed by atoms with van der Waals surface area (Å²) < 4.78 is 0. The molecule has 1 saturated carbocycles. The van der Waals surface area contributed by atoms with Crippen molar-refractivity contribution in [1.29, 1.82) is 0 Å². The number of fused-ring (bicyclic) bond motifs is 1. The van der Waals surface area contributed by atoms with E-state index in [1.54, 1.807) is 6.20 Å². The zero-order chi connectivity index (χ0) is 19.0. The van der Waals surface area contributed by atoms with Gasteiger partial charge in [-0.25, -0.2) is 4.79 Å². The number of hydrogen-bond acceptors (Lipinski definition) is 4. The van der Waals surface area contributed by atoms with E-state index in [2.05, 4.69) is 15.6 Å². The van der Waals surface area contributed by atoms with Gasteiger partial charge in [0, 0.05) is 5.39 Å². The van der Waals surface area contributed by atoms with Gasteiger partial charge < -0.3 is 10.6 Å². The molecule has 1 aromatic heterocycles. The number of anilines is 1. The molecule has 1 aliphatic heterocycles. The summed E-state index contributed by atoms with van der Waals surface area (Å²) in [5.74, 6) is -0.636. The SMILES string of the molecule is CC1CCCCC12NC(=O)N(CC(=O)Nc1cnc3ccccc3c1)C2=O. The van der Waals surface area contributed by atoms with E-state index in [-0.39, 0.29) is 18.4 Å². The molecule has 1 spiro atoms. The summed E-state index contributed by atoms with van der Waals surface area (Å²) in [7, 11) is 0. The quantitative estimate of drug-likeness (QED) is 0.817. The number of imide groups is 1. The van der Waals surface area contributed by atoms with Crippen LogP contribution in [0.15, 0.2) is 36.5 Å². The van der Waals surface area contributed by atoms with Gasteiger partial charge in [-0.3, -0.25) is 19.5 Å². The van der Waals surface area contributed by atoms with E-state index in [1.165, 1.54) is 0 Å². The lowest BCUT2D eigenvalue weighted by molar-refractivity contribution is -0.136. The number of benzene rings is 1. The summed E-state index contributed by atoms with van der Waals surface area (Å²) in [6, 6.07) is 8.92. The number of nitrogens with zero attached hydrogens (tertiary/aromatic N) is 2. The number of pyridine rings is 1. The maximum atomic E-state index is 12.9. The lowest BCUT2D eigenvalue weighted by atomic mass is 9.73. The number of nitrogens with one attached hydrogen (secondary N) is 2. The second kappa shape index (κ2) is 6.64. The fourth-order valence-electron chi connectivity index (χ4n) is 4.12. The van der Waals surface area contributed by atoms with Crippen molar-refractivity contribution in [1.82, 2.24) is 15.2 Å². The molecule has 0 bridgehead atoms. The molecule has 7 heteroatoms. The first-order valence-electron chi connectivity index (χ1n) is 9.28. The molecule has 2 aliphatic rings. The van der Waals surface area contributed by atoms with Crippen LogP contribution in [-0.4, -0.2) is 39.8 Å². The number of aromatic nitrogens is 1. The van der Waals surface area contributed by atoms with E-state index < -0.39 is 17.5 Å². The Morgan fingerprint density at radius 1 is 1.33 bits per heavy atom. The fraction of sp³-hybridized carbons (Fsp3) is 0.400. The molecule has 2 atom stereocenters. The standard InChI is InChI=1S/C20H22N4O3/c1-13-6-4-5-9-20(13)18(26)24(19(27)23-20)12-17(25)22-15-10-14-7-2-3-8-16(14)21-11-15/h2-3,7-8,10-11,13H,4-6,9,12H2,1H3,(H,22,25)(H,23,27). The van der Waals surface area contributed by atoms with Crippen molar-refractivity contribution in [2.24, 2.45) is 5.92 Å². The van der Waals surface area contributed by atoms with Crippen LogP contribution in [0.2, 0.25) is 0 Å². The number of amides is 4. The monoisotopic (exact) mass is 366 g/mol. The Hall–Kier alpha value is -2.96. The first-order chi connectivity index (χ1) is 13.0. The predicted molar refractivity (Wildman–Crippen MR) is 101 cm³/mol. The number of para-hydroxylation sites is 1.